The van der Waals surface area contributed by atoms with Crippen LogP contribution in [0.25, 0.3) is 22.2 Å². The molecule has 20 heavy (non-hydrogen) atoms. The quantitative estimate of drug-likeness (QED) is 0.665. The van der Waals surface area contributed by atoms with Crippen molar-refractivity contribution in [3.05, 3.63) is 53.4 Å². The van der Waals surface area contributed by atoms with E-state index in [-0.39, 0.29) is 0 Å². The molecule has 0 saturated carbocycles. The summed E-state index contributed by atoms with van der Waals surface area (Å²) in [6.07, 6.45) is 0. The second-order valence-corrected chi connectivity index (χ2v) is 4.59. The number of nitroso groups, excluding NO2 is 1. The SMILES string of the molecule is COc1ccc(-c2c(N=O)c3ccccc3n2C)cc1. The zero-order valence-electron chi connectivity index (χ0n) is 11.3. The number of rotatable bonds is 3. The smallest absolute Gasteiger partial charge is 0.141 e. The molecule has 0 aliphatic heterocycles. The van der Waals surface area contributed by atoms with Crippen molar-refractivity contribution in [3.8, 4) is 17.0 Å². The summed E-state index contributed by atoms with van der Waals surface area (Å²) >= 11 is 0. The first-order valence-corrected chi connectivity index (χ1v) is 6.31. The van der Waals surface area contributed by atoms with E-state index in [2.05, 4.69) is 5.18 Å². The number of hydrogen-bond donors (Lipinski definition) is 0. The van der Waals surface area contributed by atoms with E-state index in [4.69, 9.17) is 4.74 Å². The zero-order chi connectivity index (χ0) is 14.1. The fraction of sp³-hybridized carbons (Fsp3) is 0.125. The highest BCUT2D eigenvalue weighted by Gasteiger charge is 2.17. The lowest BCUT2D eigenvalue weighted by molar-refractivity contribution is 0.415. The summed E-state index contributed by atoms with van der Waals surface area (Å²) in [7, 11) is 3.57. The summed E-state index contributed by atoms with van der Waals surface area (Å²) < 4.78 is 7.15. The first kappa shape index (κ1) is 12.4. The van der Waals surface area contributed by atoms with Crippen LogP contribution in [0.5, 0.6) is 5.75 Å². The molecule has 0 aliphatic rings. The fourth-order valence-electron chi connectivity index (χ4n) is 2.54. The second-order valence-electron chi connectivity index (χ2n) is 4.59. The third-order valence-electron chi connectivity index (χ3n) is 3.53. The molecule has 3 aromatic rings. The van der Waals surface area contributed by atoms with Gasteiger partial charge in [-0.15, -0.1) is 4.91 Å². The predicted molar refractivity (Wildman–Crippen MR) is 80.4 cm³/mol. The molecule has 4 heteroatoms. The van der Waals surface area contributed by atoms with Crippen LogP contribution in [0.1, 0.15) is 0 Å². The van der Waals surface area contributed by atoms with Gasteiger partial charge in [0.2, 0.25) is 0 Å². The Labute approximate surface area is 116 Å². The monoisotopic (exact) mass is 266 g/mol. The van der Waals surface area contributed by atoms with Gasteiger partial charge in [-0.3, -0.25) is 0 Å². The van der Waals surface area contributed by atoms with E-state index in [1.165, 1.54) is 0 Å². The van der Waals surface area contributed by atoms with Crippen molar-refractivity contribution in [3.63, 3.8) is 0 Å². The number of aryl methyl sites for hydroxylation is 1. The second kappa shape index (κ2) is 4.81. The lowest BCUT2D eigenvalue weighted by Gasteiger charge is -2.06. The van der Waals surface area contributed by atoms with Gasteiger partial charge in [-0.05, 0) is 35.5 Å². The van der Waals surface area contributed by atoms with E-state index in [0.717, 1.165) is 27.9 Å². The molecule has 0 atom stereocenters. The predicted octanol–water partition coefficient (Wildman–Crippen LogP) is 4.25. The van der Waals surface area contributed by atoms with E-state index in [1.807, 2.05) is 60.1 Å². The van der Waals surface area contributed by atoms with Crippen molar-refractivity contribution >= 4 is 16.6 Å². The highest BCUT2D eigenvalue weighted by molar-refractivity contribution is 6.00. The molecule has 0 aliphatic carbocycles. The highest BCUT2D eigenvalue weighted by atomic mass is 16.5. The Hall–Kier alpha value is -2.62. The lowest BCUT2D eigenvalue weighted by atomic mass is 10.1. The standard InChI is InChI=1S/C16H14N2O2/c1-18-14-6-4-3-5-13(14)15(17-19)16(18)11-7-9-12(20-2)10-8-11/h3-10H,1-2H3. The number of fused-ring (bicyclic) bond motifs is 1. The van der Waals surface area contributed by atoms with Crippen molar-refractivity contribution in [2.24, 2.45) is 12.2 Å². The third kappa shape index (κ3) is 1.77. The van der Waals surface area contributed by atoms with Crippen molar-refractivity contribution in [2.75, 3.05) is 7.11 Å². The van der Waals surface area contributed by atoms with E-state index in [9.17, 15) is 4.91 Å². The summed E-state index contributed by atoms with van der Waals surface area (Å²) in [5.74, 6) is 0.785. The molecule has 0 fully saturated rings. The summed E-state index contributed by atoms with van der Waals surface area (Å²) in [5.41, 5.74) is 3.24. The van der Waals surface area contributed by atoms with Crippen LogP contribution in [0, 0.1) is 4.91 Å². The van der Waals surface area contributed by atoms with Crippen LogP contribution in [0.15, 0.2) is 53.7 Å². The summed E-state index contributed by atoms with van der Waals surface area (Å²) in [6.45, 7) is 0. The lowest BCUT2D eigenvalue weighted by Crippen LogP contribution is -1.91. The third-order valence-corrected chi connectivity index (χ3v) is 3.53. The van der Waals surface area contributed by atoms with Gasteiger partial charge >= 0.3 is 0 Å². The Bertz CT molecular complexity index is 773. The molecule has 100 valence electrons. The number of nitrogens with zero attached hydrogens (tertiary/aromatic N) is 2. The fourth-order valence-corrected chi connectivity index (χ4v) is 2.54. The van der Waals surface area contributed by atoms with Gasteiger partial charge in [-0.1, -0.05) is 18.2 Å². The molecular formula is C16H14N2O2. The van der Waals surface area contributed by atoms with Crippen molar-refractivity contribution in [2.45, 2.75) is 0 Å². The maximum Gasteiger partial charge on any atom is 0.141 e. The zero-order valence-corrected chi connectivity index (χ0v) is 11.3. The Kier molecular flexibility index (Phi) is 2.99. The Morgan fingerprint density at radius 2 is 1.75 bits per heavy atom. The van der Waals surface area contributed by atoms with Crippen LogP contribution in [-0.2, 0) is 7.05 Å². The number of hydrogen-bond acceptors (Lipinski definition) is 3. The first-order chi connectivity index (χ1) is 9.76. The molecule has 1 aromatic heterocycles. The molecule has 2 aromatic carbocycles. The van der Waals surface area contributed by atoms with E-state index in [0.29, 0.717) is 5.69 Å². The minimum absolute atomic E-state index is 0.480. The molecule has 0 saturated heterocycles. The van der Waals surface area contributed by atoms with Gasteiger partial charge in [-0.25, -0.2) is 0 Å². The normalized spacial score (nSPS) is 10.7. The van der Waals surface area contributed by atoms with Crippen LogP contribution < -0.4 is 4.74 Å². The molecule has 0 radical (unpaired) electrons. The number of benzene rings is 2. The average molecular weight is 266 g/mol. The minimum Gasteiger partial charge on any atom is -0.497 e. The first-order valence-electron chi connectivity index (χ1n) is 6.31. The maximum atomic E-state index is 11.3. The molecule has 3 rings (SSSR count). The molecule has 0 unspecified atom stereocenters. The minimum atomic E-state index is 0.480. The van der Waals surface area contributed by atoms with Crippen molar-refractivity contribution in [1.29, 1.82) is 0 Å². The van der Waals surface area contributed by atoms with Gasteiger partial charge in [0.05, 0.1) is 18.3 Å². The van der Waals surface area contributed by atoms with Crippen LogP contribution in [0.4, 0.5) is 5.69 Å². The van der Waals surface area contributed by atoms with Gasteiger partial charge in [0.25, 0.3) is 0 Å². The average Bonchev–Trinajstić information content (AvgIpc) is 2.80. The molecule has 0 N–H and O–H groups in total. The van der Waals surface area contributed by atoms with Crippen LogP contribution >= 0.6 is 0 Å². The summed E-state index contributed by atoms with van der Waals surface area (Å²) in [4.78, 5) is 11.3. The van der Waals surface area contributed by atoms with Gasteiger partial charge in [-0.2, -0.15) is 0 Å². The van der Waals surface area contributed by atoms with Crippen molar-refractivity contribution < 1.29 is 4.74 Å². The Morgan fingerprint density at radius 3 is 2.40 bits per heavy atom. The Balaban J connectivity index is 2.29. The van der Waals surface area contributed by atoms with E-state index < -0.39 is 0 Å². The van der Waals surface area contributed by atoms with Crippen LogP contribution in [0.2, 0.25) is 0 Å². The van der Waals surface area contributed by atoms with E-state index in [1.54, 1.807) is 7.11 Å². The maximum absolute atomic E-state index is 11.3. The molecule has 1 heterocycles. The van der Waals surface area contributed by atoms with Gasteiger partial charge in [0.15, 0.2) is 0 Å². The number of ether oxygens (including phenoxy) is 1. The molecule has 0 amide bonds. The summed E-state index contributed by atoms with van der Waals surface area (Å²) in [5, 5.41) is 4.11. The topological polar surface area (TPSA) is 43.6 Å². The Morgan fingerprint density at radius 1 is 1.05 bits per heavy atom. The number of para-hydroxylation sites is 1. The van der Waals surface area contributed by atoms with Crippen molar-refractivity contribution in [1.82, 2.24) is 4.57 Å². The molecule has 4 nitrogen and oxygen atoms in total. The molecule has 0 bridgehead atoms. The summed E-state index contributed by atoms with van der Waals surface area (Å²) in [6, 6.07) is 15.4. The van der Waals surface area contributed by atoms with Crippen LogP contribution in [-0.4, -0.2) is 11.7 Å². The van der Waals surface area contributed by atoms with E-state index >= 15 is 0 Å². The number of methoxy groups -OCH3 is 1. The largest absolute Gasteiger partial charge is 0.497 e. The van der Waals surface area contributed by atoms with Gasteiger partial charge < -0.3 is 9.30 Å². The number of aromatic nitrogens is 1. The molecular weight excluding hydrogens is 252 g/mol. The highest BCUT2D eigenvalue weighted by Crippen LogP contribution is 2.39. The van der Waals surface area contributed by atoms with Gasteiger partial charge in [0, 0.05) is 18.0 Å². The molecule has 0 spiro atoms. The van der Waals surface area contributed by atoms with Gasteiger partial charge in [0.1, 0.15) is 11.4 Å². The van der Waals surface area contributed by atoms with Crippen LogP contribution in [0.3, 0.4) is 0 Å².